The fraction of sp³-hybridized carbons (Fsp3) is 1.00. The first kappa shape index (κ1) is 14.9. The molecule has 92 valence electrons. The van der Waals surface area contributed by atoms with E-state index in [1.54, 1.807) is 0 Å². The standard InChI is InChI=1S/C11H25NO2S/c1-6-7-10(4)11(15(5,13)14)8-12-9(2)3/h9-12H,6-8H2,1-5H3. The van der Waals surface area contributed by atoms with Gasteiger partial charge in [-0.05, 0) is 12.3 Å². The third kappa shape index (κ3) is 6.15. The highest BCUT2D eigenvalue weighted by Gasteiger charge is 2.26. The molecule has 0 aliphatic rings. The summed E-state index contributed by atoms with van der Waals surface area (Å²) in [5.74, 6) is 0.233. The van der Waals surface area contributed by atoms with Gasteiger partial charge in [-0.2, -0.15) is 0 Å². The lowest BCUT2D eigenvalue weighted by Crippen LogP contribution is -2.40. The zero-order valence-corrected chi connectivity index (χ0v) is 11.4. The van der Waals surface area contributed by atoms with Crippen LogP contribution >= 0.6 is 0 Å². The smallest absolute Gasteiger partial charge is 0.151 e. The molecule has 0 aliphatic heterocycles. The van der Waals surface area contributed by atoms with Gasteiger partial charge in [0.05, 0.1) is 5.25 Å². The molecule has 0 saturated carbocycles. The minimum Gasteiger partial charge on any atom is -0.313 e. The Balaban J connectivity index is 4.46. The Morgan fingerprint density at radius 2 is 1.73 bits per heavy atom. The van der Waals surface area contributed by atoms with E-state index in [0.29, 0.717) is 12.6 Å². The van der Waals surface area contributed by atoms with Crippen LogP contribution in [0.5, 0.6) is 0 Å². The minimum absolute atomic E-state index is 0.233. The Morgan fingerprint density at radius 1 is 1.20 bits per heavy atom. The molecular formula is C11H25NO2S. The van der Waals surface area contributed by atoms with Gasteiger partial charge in [0.1, 0.15) is 0 Å². The minimum atomic E-state index is -2.94. The summed E-state index contributed by atoms with van der Waals surface area (Å²) in [6.07, 6.45) is 3.35. The van der Waals surface area contributed by atoms with Crippen molar-refractivity contribution in [3.05, 3.63) is 0 Å². The number of sulfone groups is 1. The summed E-state index contributed by atoms with van der Waals surface area (Å²) in [5.41, 5.74) is 0. The summed E-state index contributed by atoms with van der Waals surface area (Å²) in [6.45, 7) is 8.74. The highest BCUT2D eigenvalue weighted by Crippen LogP contribution is 2.16. The van der Waals surface area contributed by atoms with Gasteiger partial charge in [-0.1, -0.05) is 34.1 Å². The second-order valence-electron chi connectivity index (χ2n) is 4.70. The Kier molecular flexibility index (Phi) is 6.44. The third-order valence-corrected chi connectivity index (χ3v) is 4.39. The quantitative estimate of drug-likeness (QED) is 0.732. The van der Waals surface area contributed by atoms with Crippen molar-refractivity contribution in [2.24, 2.45) is 5.92 Å². The van der Waals surface area contributed by atoms with Crippen LogP contribution in [0, 0.1) is 5.92 Å². The molecule has 0 rings (SSSR count). The number of hydrogen-bond acceptors (Lipinski definition) is 3. The Labute approximate surface area is 94.6 Å². The monoisotopic (exact) mass is 235 g/mol. The zero-order valence-electron chi connectivity index (χ0n) is 10.6. The molecule has 0 amide bonds. The molecule has 0 aromatic heterocycles. The van der Waals surface area contributed by atoms with Crippen molar-refractivity contribution in [2.45, 2.75) is 51.8 Å². The summed E-state index contributed by atoms with van der Waals surface area (Å²) in [5, 5.41) is 2.96. The molecule has 0 fully saturated rings. The van der Waals surface area contributed by atoms with Crippen LogP contribution in [0.1, 0.15) is 40.5 Å². The van der Waals surface area contributed by atoms with Gasteiger partial charge in [-0.15, -0.1) is 0 Å². The van der Waals surface area contributed by atoms with E-state index in [9.17, 15) is 8.42 Å². The summed E-state index contributed by atoms with van der Waals surface area (Å²) < 4.78 is 23.2. The lowest BCUT2D eigenvalue weighted by molar-refractivity contribution is 0.441. The SMILES string of the molecule is CCCC(C)C(CNC(C)C)S(C)(=O)=O. The van der Waals surface area contributed by atoms with Crippen molar-refractivity contribution in [3.63, 3.8) is 0 Å². The van der Waals surface area contributed by atoms with E-state index in [4.69, 9.17) is 0 Å². The lowest BCUT2D eigenvalue weighted by atomic mass is 10.0. The van der Waals surface area contributed by atoms with Gasteiger partial charge < -0.3 is 5.32 Å². The van der Waals surface area contributed by atoms with Crippen molar-refractivity contribution in [3.8, 4) is 0 Å². The molecule has 0 aliphatic carbocycles. The molecule has 4 heteroatoms. The maximum Gasteiger partial charge on any atom is 0.151 e. The normalized spacial score (nSPS) is 16.7. The van der Waals surface area contributed by atoms with Gasteiger partial charge in [0.25, 0.3) is 0 Å². The van der Waals surface area contributed by atoms with Crippen LogP contribution in [0.25, 0.3) is 0 Å². The number of rotatable bonds is 7. The summed E-state index contributed by atoms with van der Waals surface area (Å²) in [6, 6.07) is 0.336. The fourth-order valence-corrected chi connectivity index (χ4v) is 3.15. The maximum atomic E-state index is 11.6. The summed E-state index contributed by atoms with van der Waals surface area (Å²) in [4.78, 5) is 0. The van der Waals surface area contributed by atoms with E-state index in [2.05, 4.69) is 12.2 Å². The van der Waals surface area contributed by atoms with E-state index in [1.165, 1.54) is 6.26 Å². The van der Waals surface area contributed by atoms with Crippen LogP contribution in [0.4, 0.5) is 0 Å². The predicted molar refractivity (Wildman–Crippen MR) is 65.8 cm³/mol. The molecule has 0 spiro atoms. The van der Waals surface area contributed by atoms with Crippen LogP contribution in [-0.2, 0) is 9.84 Å². The number of nitrogens with one attached hydrogen (secondary N) is 1. The molecule has 0 bridgehead atoms. The Morgan fingerprint density at radius 3 is 2.07 bits per heavy atom. The molecule has 0 aromatic carbocycles. The highest BCUT2D eigenvalue weighted by atomic mass is 32.2. The zero-order chi connectivity index (χ0) is 12.1. The molecule has 0 aromatic rings. The lowest BCUT2D eigenvalue weighted by Gasteiger charge is -2.23. The molecule has 2 unspecified atom stereocenters. The fourth-order valence-electron chi connectivity index (χ4n) is 1.77. The summed E-state index contributed by atoms with van der Waals surface area (Å²) >= 11 is 0. The first-order valence-corrected chi connectivity index (χ1v) is 7.66. The average molecular weight is 235 g/mol. The topological polar surface area (TPSA) is 46.2 Å². The molecule has 1 N–H and O–H groups in total. The molecule has 0 saturated heterocycles. The molecule has 0 radical (unpaired) electrons. The average Bonchev–Trinajstić information content (AvgIpc) is 2.01. The predicted octanol–water partition coefficient (Wildman–Crippen LogP) is 1.83. The van der Waals surface area contributed by atoms with Gasteiger partial charge in [-0.25, -0.2) is 8.42 Å². The van der Waals surface area contributed by atoms with Crippen LogP contribution in [0.3, 0.4) is 0 Å². The maximum absolute atomic E-state index is 11.6. The molecule has 2 atom stereocenters. The van der Waals surface area contributed by atoms with E-state index < -0.39 is 9.84 Å². The molecule has 0 heterocycles. The summed E-state index contributed by atoms with van der Waals surface area (Å²) in [7, 11) is -2.94. The van der Waals surface area contributed by atoms with Gasteiger partial charge in [0.2, 0.25) is 0 Å². The van der Waals surface area contributed by atoms with Crippen molar-refractivity contribution in [2.75, 3.05) is 12.8 Å². The van der Waals surface area contributed by atoms with Crippen molar-refractivity contribution in [1.29, 1.82) is 0 Å². The van der Waals surface area contributed by atoms with Crippen molar-refractivity contribution in [1.82, 2.24) is 5.32 Å². The van der Waals surface area contributed by atoms with Gasteiger partial charge in [0, 0.05) is 18.8 Å². The van der Waals surface area contributed by atoms with E-state index in [-0.39, 0.29) is 11.2 Å². The van der Waals surface area contributed by atoms with Crippen LogP contribution in [0.15, 0.2) is 0 Å². The van der Waals surface area contributed by atoms with Crippen LogP contribution < -0.4 is 5.32 Å². The molecule has 3 nitrogen and oxygen atoms in total. The van der Waals surface area contributed by atoms with Gasteiger partial charge in [-0.3, -0.25) is 0 Å². The second-order valence-corrected chi connectivity index (χ2v) is 6.96. The first-order chi connectivity index (χ1) is 6.79. The van der Waals surface area contributed by atoms with E-state index in [0.717, 1.165) is 12.8 Å². The van der Waals surface area contributed by atoms with E-state index >= 15 is 0 Å². The van der Waals surface area contributed by atoms with E-state index in [1.807, 2.05) is 20.8 Å². The van der Waals surface area contributed by atoms with Gasteiger partial charge >= 0.3 is 0 Å². The van der Waals surface area contributed by atoms with Crippen LogP contribution in [0.2, 0.25) is 0 Å². The van der Waals surface area contributed by atoms with Crippen molar-refractivity contribution >= 4 is 9.84 Å². The Bertz CT molecular complexity index is 260. The first-order valence-electron chi connectivity index (χ1n) is 5.71. The van der Waals surface area contributed by atoms with Crippen LogP contribution in [-0.4, -0.2) is 32.5 Å². The third-order valence-electron chi connectivity index (χ3n) is 2.66. The highest BCUT2D eigenvalue weighted by molar-refractivity contribution is 7.91. The molecular weight excluding hydrogens is 210 g/mol. The second kappa shape index (κ2) is 6.48. The van der Waals surface area contributed by atoms with Crippen molar-refractivity contribution < 1.29 is 8.42 Å². The Hall–Kier alpha value is -0.0900. The molecule has 15 heavy (non-hydrogen) atoms. The number of hydrogen-bond donors (Lipinski definition) is 1. The van der Waals surface area contributed by atoms with Gasteiger partial charge in [0.15, 0.2) is 9.84 Å². The largest absolute Gasteiger partial charge is 0.313 e.